The molecule has 0 spiro atoms. The third kappa shape index (κ3) is 3.54. The first-order valence-corrected chi connectivity index (χ1v) is 9.19. The van der Waals surface area contributed by atoms with Crippen LogP contribution in [0.25, 0.3) is 22.1 Å². The lowest BCUT2D eigenvalue weighted by molar-refractivity contribution is 0.473. The summed E-state index contributed by atoms with van der Waals surface area (Å²) in [7, 11) is -3.74. The Hall–Kier alpha value is -2.71. The summed E-state index contributed by atoms with van der Waals surface area (Å²) in [6.07, 6.45) is 3.64. The Morgan fingerprint density at radius 3 is 1.56 bits per heavy atom. The van der Waals surface area contributed by atoms with Gasteiger partial charge in [-0.1, -0.05) is 24.3 Å². The molecule has 4 aromatic rings. The SMILES string of the molecule is CC(C)S(=O)(=O)O.c1ccc2c(c1)ncn2-n1cnc2ccccc21. The first-order chi connectivity index (χ1) is 11.9. The smallest absolute Gasteiger partial charge is 0.267 e. The maximum Gasteiger partial charge on any atom is 0.267 e. The molecule has 0 aliphatic heterocycles. The molecule has 25 heavy (non-hydrogen) atoms. The van der Waals surface area contributed by atoms with Crippen LogP contribution in [0.2, 0.25) is 0 Å². The molecule has 0 saturated heterocycles. The zero-order valence-corrected chi connectivity index (χ0v) is 14.6. The van der Waals surface area contributed by atoms with Crippen molar-refractivity contribution in [3.05, 3.63) is 61.2 Å². The van der Waals surface area contributed by atoms with Crippen molar-refractivity contribution in [3.63, 3.8) is 0 Å². The Labute approximate surface area is 145 Å². The van der Waals surface area contributed by atoms with E-state index in [1.165, 1.54) is 13.8 Å². The number of hydrogen-bond acceptors (Lipinski definition) is 4. The summed E-state index contributed by atoms with van der Waals surface area (Å²) in [6, 6.07) is 16.1. The van der Waals surface area contributed by atoms with Crippen molar-refractivity contribution in [1.82, 2.24) is 19.3 Å². The van der Waals surface area contributed by atoms with Gasteiger partial charge in [0.25, 0.3) is 10.1 Å². The summed E-state index contributed by atoms with van der Waals surface area (Å²) in [5.41, 5.74) is 4.10. The van der Waals surface area contributed by atoms with Gasteiger partial charge in [0.05, 0.1) is 27.3 Å². The largest absolute Gasteiger partial charge is 0.285 e. The molecule has 0 atom stereocenters. The molecule has 0 aliphatic rings. The molecule has 8 heteroatoms. The van der Waals surface area contributed by atoms with Gasteiger partial charge in [-0.25, -0.2) is 19.3 Å². The van der Waals surface area contributed by atoms with E-state index in [0.29, 0.717) is 0 Å². The highest BCUT2D eigenvalue weighted by molar-refractivity contribution is 7.86. The maximum absolute atomic E-state index is 9.89. The predicted octanol–water partition coefficient (Wildman–Crippen LogP) is 2.98. The third-order valence-electron chi connectivity index (χ3n) is 3.70. The van der Waals surface area contributed by atoms with Crippen LogP contribution < -0.4 is 0 Å². The fraction of sp³-hybridized carbons (Fsp3) is 0.176. The van der Waals surface area contributed by atoms with Crippen LogP contribution >= 0.6 is 0 Å². The van der Waals surface area contributed by atoms with Crippen molar-refractivity contribution in [2.24, 2.45) is 0 Å². The number of imidazole rings is 2. The van der Waals surface area contributed by atoms with Crippen molar-refractivity contribution < 1.29 is 13.0 Å². The van der Waals surface area contributed by atoms with Crippen LogP contribution in [0.15, 0.2) is 61.2 Å². The lowest BCUT2D eigenvalue weighted by Crippen LogP contribution is -2.10. The molecule has 2 aromatic heterocycles. The van der Waals surface area contributed by atoms with Crippen LogP contribution in [-0.2, 0) is 10.1 Å². The maximum atomic E-state index is 9.89. The van der Waals surface area contributed by atoms with Gasteiger partial charge in [-0.2, -0.15) is 8.42 Å². The second-order valence-electron chi connectivity index (χ2n) is 5.72. The van der Waals surface area contributed by atoms with Gasteiger partial charge in [0.1, 0.15) is 12.7 Å². The second kappa shape index (κ2) is 6.66. The number of para-hydroxylation sites is 4. The molecular formula is C17H18N4O3S. The topological polar surface area (TPSA) is 90.0 Å². The minimum atomic E-state index is -3.74. The molecule has 0 aliphatic carbocycles. The van der Waals surface area contributed by atoms with Crippen molar-refractivity contribution >= 4 is 32.2 Å². The number of hydrogen-bond donors (Lipinski definition) is 1. The molecular weight excluding hydrogens is 340 g/mol. The van der Waals surface area contributed by atoms with Gasteiger partial charge in [0, 0.05) is 0 Å². The van der Waals surface area contributed by atoms with Gasteiger partial charge in [0.2, 0.25) is 0 Å². The Morgan fingerprint density at radius 2 is 1.20 bits per heavy atom. The van der Waals surface area contributed by atoms with Crippen molar-refractivity contribution in [2.75, 3.05) is 0 Å². The zero-order valence-electron chi connectivity index (χ0n) is 13.8. The molecule has 2 aromatic carbocycles. The van der Waals surface area contributed by atoms with E-state index in [1.807, 2.05) is 58.4 Å². The highest BCUT2D eigenvalue weighted by Gasteiger charge is 2.08. The highest BCUT2D eigenvalue weighted by Crippen LogP contribution is 2.17. The van der Waals surface area contributed by atoms with Crippen LogP contribution in [0.3, 0.4) is 0 Å². The first kappa shape index (κ1) is 17.1. The summed E-state index contributed by atoms with van der Waals surface area (Å²) < 4.78 is 31.8. The fourth-order valence-electron chi connectivity index (χ4n) is 2.24. The fourth-order valence-corrected chi connectivity index (χ4v) is 2.24. The van der Waals surface area contributed by atoms with E-state index in [0.717, 1.165) is 22.1 Å². The van der Waals surface area contributed by atoms with Crippen LogP contribution in [-0.4, -0.2) is 37.5 Å². The van der Waals surface area contributed by atoms with Crippen LogP contribution in [0.4, 0.5) is 0 Å². The van der Waals surface area contributed by atoms with Crippen LogP contribution in [0.5, 0.6) is 0 Å². The molecule has 0 saturated carbocycles. The lowest BCUT2D eigenvalue weighted by Gasteiger charge is -2.05. The molecule has 2 heterocycles. The second-order valence-corrected chi connectivity index (χ2v) is 7.69. The number of rotatable bonds is 2. The Kier molecular flexibility index (Phi) is 4.56. The summed E-state index contributed by atoms with van der Waals surface area (Å²) in [5.74, 6) is 0. The molecule has 1 N–H and O–H groups in total. The average Bonchev–Trinajstić information content (AvgIpc) is 3.18. The van der Waals surface area contributed by atoms with E-state index in [2.05, 4.69) is 22.1 Å². The Morgan fingerprint density at radius 1 is 0.840 bits per heavy atom. The Bertz CT molecular complexity index is 1040. The van der Waals surface area contributed by atoms with Gasteiger partial charge in [-0.15, -0.1) is 0 Å². The molecule has 0 fully saturated rings. The van der Waals surface area contributed by atoms with E-state index >= 15 is 0 Å². The number of fused-ring (bicyclic) bond motifs is 2. The van der Waals surface area contributed by atoms with Crippen molar-refractivity contribution in [3.8, 4) is 0 Å². The van der Waals surface area contributed by atoms with Crippen molar-refractivity contribution in [2.45, 2.75) is 19.1 Å². The van der Waals surface area contributed by atoms with E-state index in [1.54, 1.807) is 0 Å². The highest BCUT2D eigenvalue weighted by atomic mass is 32.2. The molecule has 130 valence electrons. The number of benzene rings is 2. The van der Waals surface area contributed by atoms with E-state index in [9.17, 15) is 8.42 Å². The minimum absolute atomic E-state index is 0.674. The summed E-state index contributed by atoms with van der Waals surface area (Å²) in [4.78, 5) is 8.79. The standard InChI is InChI=1S/C14H10N4.C3H8O3S/c1-3-7-13-11(5-1)15-9-17(13)18-10-16-12-6-2-4-8-14(12)18;1-3(2)7(4,5)6/h1-10H;3H,1-2H3,(H,4,5,6). The predicted molar refractivity (Wildman–Crippen MR) is 96.9 cm³/mol. The van der Waals surface area contributed by atoms with Gasteiger partial charge in [0.15, 0.2) is 0 Å². The molecule has 0 bridgehead atoms. The van der Waals surface area contributed by atoms with Crippen LogP contribution in [0.1, 0.15) is 13.8 Å². The lowest BCUT2D eigenvalue weighted by atomic mass is 10.3. The molecule has 0 radical (unpaired) electrons. The minimum Gasteiger partial charge on any atom is -0.285 e. The monoisotopic (exact) mass is 358 g/mol. The normalized spacial score (nSPS) is 11.7. The summed E-state index contributed by atoms with van der Waals surface area (Å²) >= 11 is 0. The van der Waals surface area contributed by atoms with E-state index in [-0.39, 0.29) is 0 Å². The van der Waals surface area contributed by atoms with Gasteiger partial charge in [-0.3, -0.25) is 4.55 Å². The molecule has 0 unspecified atom stereocenters. The van der Waals surface area contributed by atoms with Crippen molar-refractivity contribution in [1.29, 1.82) is 0 Å². The number of nitrogens with zero attached hydrogens (tertiary/aromatic N) is 4. The average molecular weight is 358 g/mol. The van der Waals surface area contributed by atoms with Crippen LogP contribution in [0, 0.1) is 0 Å². The third-order valence-corrected chi connectivity index (χ3v) is 4.89. The van der Waals surface area contributed by atoms with E-state index in [4.69, 9.17) is 4.55 Å². The summed E-state index contributed by atoms with van der Waals surface area (Å²) in [6.45, 7) is 2.82. The van der Waals surface area contributed by atoms with Gasteiger partial charge in [-0.05, 0) is 38.1 Å². The summed E-state index contributed by atoms with van der Waals surface area (Å²) in [5, 5.41) is -0.674. The quantitative estimate of drug-likeness (QED) is 0.556. The molecule has 7 nitrogen and oxygen atoms in total. The first-order valence-electron chi connectivity index (χ1n) is 7.69. The van der Waals surface area contributed by atoms with Gasteiger partial charge < -0.3 is 0 Å². The molecule has 4 rings (SSSR count). The van der Waals surface area contributed by atoms with Gasteiger partial charge >= 0.3 is 0 Å². The molecule has 0 amide bonds. The van der Waals surface area contributed by atoms with E-state index < -0.39 is 15.4 Å². The zero-order chi connectivity index (χ0) is 18.0. The Balaban J connectivity index is 0.000000225. The number of aromatic nitrogens is 4.